The number of fused-ring (bicyclic) bond motifs is 1. The molecule has 0 radical (unpaired) electrons. The van der Waals surface area contributed by atoms with Crippen LogP contribution >= 0.6 is 11.6 Å². The monoisotopic (exact) mass is 267 g/mol. The van der Waals surface area contributed by atoms with Gasteiger partial charge in [0.05, 0.1) is 7.11 Å². The lowest BCUT2D eigenvalue weighted by Gasteiger charge is -2.33. The number of rotatable bonds is 2. The molecule has 2 nitrogen and oxygen atoms in total. The van der Waals surface area contributed by atoms with Gasteiger partial charge in [-0.15, -0.1) is 0 Å². The largest absolute Gasteiger partial charge is 0.496 e. The van der Waals surface area contributed by atoms with Gasteiger partial charge in [0.15, 0.2) is 0 Å². The molecule has 2 rings (SSSR count). The minimum atomic E-state index is 0.328. The summed E-state index contributed by atoms with van der Waals surface area (Å²) in [4.78, 5) is 0. The van der Waals surface area contributed by atoms with Crippen molar-refractivity contribution < 1.29 is 4.74 Å². The van der Waals surface area contributed by atoms with Crippen molar-refractivity contribution in [1.82, 2.24) is 5.32 Å². The zero-order valence-corrected chi connectivity index (χ0v) is 12.6. The van der Waals surface area contributed by atoms with E-state index >= 15 is 0 Å². The van der Waals surface area contributed by atoms with Crippen LogP contribution < -0.4 is 10.1 Å². The minimum absolute atomic E-state index is 0.328. The van der Waals surface area contributed by atoms with Gasteiger partial charge in [0.25, 0.3) is 0 Å². The van der Waals surface area contributed by atoms with Crippen molar-refractivity contribution in [2.75, 3.05) is 13.7 Å². The molecule has 0 spiro atoms. The van der Waals surface area contributed by atoms with Gasteiger partial charge in [0.2, 0.25) is 0 Å². The van der Waals surface area contributed by atoms with Gasteiger partial charge in [-0.25, -0.2) is 0 Å². The molecule has 1 unspecified atom stereocenters. The average molecular weight is 268 g/mol. The Morgan fingerprint density at radius 2 is 1.94 bits per heavy atom. The molecule has 0 aliphatic carbocycles. The molecule has 0 fully saturated rings. The fourth-order valence-electron chi connectivity index (χ4n) is 2.89. The maximum atomic E-state index is 6.59. The normalized spacial score (nSPS) is 18.9. The number of benzene rings is 1. The van der Waals surface area contributed by atoms with Crippen molar-refractivity contribution in [1.29, 1.82) is 0 Å². The van der Waals surface area contributed by atoms with Crippen LogP contribution in [0.2, 0.25) is 5.02 Å². The summed E-state index contributed by atoms with van der Waals surface area (Å²) in [6.45, 7) is 9.61. The van der Waals surface area contributed by atoms with E-state index in [0.717, 1.165) is 29.3 Å². The summed E-state index contributed by atoms with van der Waals surface area (Å²) in [5.41, 5.74) is 4.85. The van der Waals surface area contributed by atoms with Gasteiger partial charge < -0.3 is 10.1 Å². The smallest absolute Gasteiger partial charge is 0.125 e. The SMILES string of the molecule is COc1c(C)c(C)c(Cl)c2c1CCNC2C(C)C. The maximum Gasteiger partial charge on any atom is 0.125 e. The van der Waals surface area contributed by atoms with Gasteiger partial charge in [-0.2, -0.15) is 0 Å². The van der Waals surface area contributed by atoms with Crippen LogP contribution in [0, 0.1) is 19.8 Å². The Morgan fingerprint density at radius 3 is 2.50 bits per heavy atom. The van der Waals surface area contributed by atoms with Crippen molar-refractivity contribution in [3.63, 3.8) is 0 Å². The van der Waals surface area contributed by atoms with Crippen molar-refractivity contribution >= 4 is 11.6 Å². The zero-order chi connectivity index (χ0) is 13.4. The molecule has 1 aromatic rings. The molecule has 1 aliphatic heterocycles. The van der Waals surface area contributed by atoms with Gasteiger partial charge in [-0.3, -0.25) is 0 Å². The second-order valence-electron chi connectivity index (χ2n) is 5.42. The number of nitrogens with one attached hydrogen (secondary N) is 1. The van der Waals surface area contributed by atoms with E-state index in [1.54, 1.807) is 7.11 Å². The standard InChI is InChI=1S/C15H22ClNO/c1-8(2)14-12-11(6-7-17-14)15(18-5)10(4)9(3)13(12)16/h8,14,17H,6-7H2,1-5H3. The Morgan fingerprint density at radius 1 is 1.28 bits per heavy atom. The maximum absolute atomic E-state index is 6.59. The topological polar surface area (TPSA) is 21.3 Å². The molecule has 1 aliphatic rings. The van der Waals surface area contributed by atoms with E-state index in [1.165, 1.54) is 16.7 Å². The third-order valence-electron chi connectivity index (χ3n) is 3.99. The number of methoxy groups -OCH3 is 1. The average Bonchev–Trinajstić information content (AvgIpc) is 2.36. The van der Waals surface area contributed by atoms with Crippen molar-refractivity contribution in [3.05, 3.63) is 27.3 Å². The highest BCUT2D eigenvalue weighted by atomic mass is 35.5. The molecule has 0 saturated heterocycles. The first-order chi connectivity index (χ1) is 8.49. The summed E-state index contributed by atoms with van der Waals surface area (Å²) in [5.74, 6) is 1.55. The van der Waals surface area contributed by atoms with Crippen LogP contribution in [0.25, 0.3) is 0 Å². The van der Waals surface area contributed by atoms with Gasteiger partial charge in [0, 0.05) is 16.6 Å². The summed E-state index contributed by atoms with van der Waals surface area (Å²) in [6.07, 6.45) is 0.989. The Kier molecular flexibility index (Phi) is 3.88. The quantitative estimate of drug-likeness (QED) is 0.880. The van der Waals surface area contributed by atoms with E-state index in [-0.39, 0.29) is 0 Å². The first-order valence-corrected chi connectivity index (χ1v) is 6.95. The molecule has 1 atom stereocenters. The van der Waals surface area contributed by atoms with Crippen molar-refractivity contribution in [2.24, 2.45) is 5.92 Å². The van der Waals surface area contributed by atoms with E-state index in [0.29, 0.717) is 12.0 Å². The molecule has 0 saturated carbocycles. The van der Waals surface area contributed by atoms with E-state index in [1.807, 2.05) is 0 Å². The van der Waals surface area contributed by atoms with E-state index in [2.05, 4.69) is 33.0 Å². The molecular formula is C15H22ClNO. The second kappa shape index (κ2) is 5.10. The van der Waals surface area contributed by atoms with E-state index in [4.69, 9.17) is 16.3 Å². The highest BCUT2D eigenvalue weighted by molar-refractivity contribution is 6.32. The number of halogens is 1. The highest BCUT2D eigenvalue weighted by Gasteiger charge is 2.29. The molecule has 0 aromatic heterocycles. The number of hydrogen-bond acceptors (Lipinski definition) is 2. The molecule has 3 heteroatoms. The molecule has 0 amide bonds. The van der Waals surface area contributed by atoms with Crippen molar-refractivity contribution in [3.8, 4) is 5.75 Å². The molecule has 0 bridgehead atoms. The summed E-state index contributed by atoms with van der Waals surface area (Å²) in [7, 11) is 1.75. The molecule has 1 heterocycles. The Bertz CT molecular complexity index is 468. The van der Waals surface area contributed by atoms with Crippen LogP contribution in [-0.4, -0.2) is 13.7 Å². The summed E-state index contributed by atoms with van der Waals surface area (Å²) < 4.78 is 5.62. The third kappa shape index (κ3) is 2.02. The first-order valence-electron chi connectivity index (χ1n) is 6.57. The van der Waals surface area contributed by atoms with Crippen LogP contribution in [0.5, 0.6) is 5.75 Å². The molecule has 1 N–H and O–H groups in total. The minimum Gasteiger partial charge on any atom is -0.496 e. The molecular weight excluding hydrogens is 246 g/mol. The fraction of sp³-hybridized carbons (Fsp3) is 0.600. The fourth-order valence-corrected chi connectivity index (χ4v) is 3.26. The second-order valence-corrected chi connectivity index (χ2v) is 5.79. The van der Waals surface area contributed by atoms with Crippen LogP contribution in [0.1, 0.15) is 42.1 Å². The Balaban J connectivity index is 2.71. The van der Waals surface area contributed by atoms with Crippen LogP contribution in [0.4, 0.5) is 0 Å². The predicted octanol–water partition coefficient (Wildman–Crippen LogP) is 3.81. The lowest BCUT2D eigenvalue weighted by Crippen LogP contribution is -2.34. The van der Waals surface area contributed by atoms with Crippen molar-refractivity contribution in [2.45, 2.75) is 40.2 Å². The van der Waals surface area contributed by atoms with Gasteiger partial charge in [0.1, 0.15) is 5.75 Å². The Hall–Kier alpha value is -0.730. The summed E-state index contributed by atoms with van der Waals surface area (Å²) in [5, 5.41) is 4.48. The zero-order valence-electron chi connectivity index (χ0n) is 11.9. The third-order valence-corrected chi connectivity index (χ3v) is 4.48. The van der Waals surface area contributed by atoms with E-state index in [9.17, 15) is 0 Å². The first kappa shape index (κ1) is 13.7. The van der Waals surface area contributed by atoms with Crippen LogP contribution in [-0.2, 0) is 6.42 Å². The van der Waals surface area contributed by atoms with Gasteiger partial charge >= 0.3 is 0 Å². The molecule has 100 valence electrons. The van der Waals surface area contributed by atoms with Crippen LogP contribution in [0.3, 0.4) is 0 Å². The Labute approximate surface area is 115 Å². The highest BCUT2D eigenvalue weighted by Crippen LogP contribution is 2.43. The molecule has 18 heavy (non-hydrogen) atoms. The predicted molar refractivity (Wildman–Crippen MR) is 76.8 cm³/mol. The summed E-state index contributed by atoms with van der Waals surface area (Å²) in [6, 6.07) is 0.328. The summed E-state index contributed by atoms with van der Waals surface area (Å²) >= 11 is 6.59. The number of ether oxygens (including phenoxy) is 1. The molecule has 1 aromatic carbocycles. The lowest BCUT2D eigenvalue weighted by atomic mass is 9.84. The van der Waals surface area contributed by atoms with Gasteiger partial charge in [-0.1, -0.05) is 25.4 Å². The van der Waals surface area contributed by atoms with E-state index < -0.39 is 0 Å². The van der Waals surface area contributed by atoms with Gasteiger partial charge in [-0.05, 0) is 49.4 Å². The number of hydrogen-bond donors (Lipinski definition) is 1. The lowest BCUT2D eigenvalue weighted by molar-refractivity contribution is 0.372. The van der Waals surface area contributed by atoms with Crippen LogP contribution in [0.15, 0.2) is 0 Å².